The van der Waals surface area contributed by atoms with Crippen molar-refractivity contribution in [2.75, 3.05) is 26.4 Å². The number of rotatable bonds is 3. The molecule has 2 aliphatic heterocycles. The van der Waals surface area contributed by atoms with Gasteiger partial charge in [-0.15, -0.1) is 0 Å². The number of carbonyl (C=O) groups excluding carboxylic acids is 1. The monoisotopic (exact) mass is 298 g/mol. The molecular formula is C15H26N2O4. The summed E-state index contributed by atoms with van der Waals surface area (Å²) in [6, 6.07) is 0. The minimum absolute atomic E-state index is 0.0689. The number of fused-ring (bicyclic) bond motifs is 1. The first-order valence-corrected chi connectivity index (χ1v) is 7.80. The minimum atomic E-state index is -0.907. The second kappa shape index (κ2) is 4.91. The summed E-state index contributed by atoms with van der Waals surface area (Å²) in [5.74, 6) is -0.0870. The molecule has 0 aromatic rings. The van der Waals surface area contributed by atoms with Crippen LogP contribution in [-0.4, -0.2) is 54.6 Å². The summed E-state index contributed by atoms with van der Waals surface area (Å²) in [6.45, 7) is 5.95. The molecule has 3 atom stereocenters. The molecule has 2 saturated heterocycles. The summed E-state index contributed by atoms with van der Waals surface area (Å²) < 4.78 is 10.9. The van der Waals surface area contributed by atoms with Crippen molar-refractivity contribution in [1.82, 2.24) is 5.32 Å². The van der Waals surface area contributed by atoms with E-state index in [1.807, 2.05) is 13.8 Å². The number of amides is 1. The zero-order chi connectivity index (χ0) is 15.3. The zero-order valence-electron chi connectivity index (χ0n) is 12.9. The van der Waals surface area contributed by atoms with Gasteiger partial charge in [0.2, 0.25) is 5.91 Å². The van der Waals surface area contributed by atoms with Crippen molar-refractivity contribution in [2.45, 2.75) is 50.4 Å². The van der Waals surface area contributed by atoms with Gasteiger partial charge in [0.25, 0.3) is 0 Å². The Bertz CT molecular complexity index is 433. The van der Waals surface area contributed by atoms with Gasteiger partial charge in [0.15, 0.2) is 0 Å². The Morgan fingerprint density at radius 3 is 2.67 bits per heavy atom. The second-order valence-corrected chi connectivity index (χ2v) is 7.30. The van der Waals surface area contributed by atoms with Gasteiger partial charge >= 0.3 is 0 Å². The van der Waals surface area contributed by atoms with E-state index in [2.05, 4.69) is 5.32 Å². The number of hydrogen-bond acceptors (Lipinski definition) is 5. The number of hydrogen-bond donors (Lipinski definition) is 3. The predicted molar refractivity (Wildman–Crippen MR) is 76.6 cm³/mol. The first-order valence-electron chi connectivity index (χ1n) is 7.80. The normalized spacial score (nSPS) is 40.2. The molecule has 1 amide bonds. The van der Waals surface area contributed by atoms with E-state index in [-0.39, 0.29) is 29.9 Å². The fraction of sp³-hybridized carbons (Fsp3) is 0.933. The summed E-state index contributed by atoms with van der Waals surface area (Å²) in [7, 11) is 0. The molecule has 3 fully saturated rings. The molecule has 0 aromatic carbocycles. The molecule has 21 heavy (non-hydrogen) atoms. The summed E-state index contributed by atoms with van der Waals surface area (Å²) >= 11 is 0. The third-order valence-corrected chi connectivity index (χ3v) is 5.83. The quantitative estimate of drug-likeness (QED) is 0.670. The van der Waals surface area contributed by atoms with E-state index in [1.165, 1.54) is 0 Å². The van der Waals surface area contributed by atoms with Gasteiger partial charge in [0, 0.05) is 50.5 Å². The zero-order valence-corrected chi connectivity index (χ0v) is 12.9. The van der Waals surface area contributed by atoms with E-state index in [4.69, 9.17) is 15.2 Å². The predicted octanol–water partition coefficient (Wildman–Crippen LogP) is -0.213. The SMILES string of the molecule is CC1(C)C2OCCC2C1(N)C(=O)NCC1(O)CCOCC1. The first kappa shape index (κ1) is 15.2. The molecule has 4 N–H and O–H groups in total. The lowest BCUT2D eigenvalue weighted by Gasteiger charge is -2.60. The molecule has 2 heterocycles. The maximum atomic E-state index is 12.7. The van der Waals surface area contributed by atoms with E-state index in [0.717, 1.165) is 6.42 Å². The smallest absolute Gasteiger partial charge is 0.241 e. The molecule has 6 nitrogen and oxygen atoms in total. The Hall–Kier alpha value is -0.690. The standard InChI is InChI=1S/C15H26N2O4/c1-13(2)11-10(3-6-21-11)15(13,16)12(18)17-9-14(19)4-7-20-8-5-14/h10-11,19H,3-9,16H2,1-2H3,(H,17,18). The van der Waals surface area contributed by atoms with Gasteiger partial charge in [-0.25, -0.2) is 0 Å². The van der Waals surface area contributed by atoms with Crippen LogP contribution in [-0.2, 0) is 14.3 Å². The van der Waals surface area contributed by atoms with Crippen LogP contribution < -0.4 is 11.1 Å². The average molecular weight is 298 g/mol. The Balaban J connectivity index is 1.65. The Labute approximate surface area is 125 Å². The van der Waals surface area contributed by atoms with E-state index in [0.29, 0.717) is 32.7 Å². The van der Waals surface area contributed by atoms with Crippen LogP contribution in [0.2, 0.25) is 0 Å². The fourth-order valence-electron chi connectivity index (χ4n) is 4.16. The molecule has 3 aliphatic rings. The number of carbonyl (C=O) groups is 1. The van der Waals surface area contributed by atoms with E-state index in [1.54, 1.807) is 0 Å². The Morgan fingerprint density at radius 1 is 1.33 bits per heavy atom. The molecule has 1 saturated carbocycles. The summed E-state index contributed by atoms with van der Waals surface area (Å²) in [5.41, 5.74) is 4.31. The van der Waals surface area contributed by atoms with Crippen LogP contribution in [0.3, 0.4) is 0 Å². The minimum Gasteiger partial charge on any atom is -0.388 e. The lowest BCUT2D eigenvalue weighted by atomic mass is 9.48. The highest BCUT2D eigenvalue weighted by atomic mass is 16.5. The van der Waals surface area contributed by atoms with Gasteiger partial charge < -0.3 is 25.6 Å². The molecule has 0 spiro atoms. The van der Waals surface area contributed by atoms with Crippen molar-refractivity contribution in [3.63, 3.8) is 0 Å². The molecule has 3 rings (SSSR count). The average Bonchev–Trinajstić information content (AvgIpc) is 2.93. The van der Waals surface area contributed by atoms with Crippen LogP contribution in [0.5, 0.6) is 0 Å². The van der Waals surface area contributed by atoms with Gasteiger partial charge in [-0.2, -0.15) is 0 Å². The van der Waals surface area contributed by atoms with Crippen molar-refractivity contribution in [2.24, 2.45) is 17.1 Å². The third kappa shape index (κ3) is 2.11. The lowest BCUT2D eigenvalue weighted by Crippen LogP contribution is -2.80. The van der Waals surface area contributed by atoms with Crippen molar-refractivity contribution in [3.05, 3.63) is 0 Å². The molecule has 120 valence electrons. The highest BCUT2D eigenvalue weighted by Crippen LogP contribution is 2.58. The van der Waals surface area contributed by atoms with Gasteiger partial charge in [-0.1, -0.05) is 13.8 Å². The third-order valence-electron chi connectivity index (χ3n) is 5.83. The molecule has 6 heteroatoms. The second-order valence-electron chi connectivity index (χ2n) is 7.30. The van der Waals surface area contributed by atoms with Crippen LogP contribution in [0.1, 0.15) is 33.1 Å². The molecule has 0 bridgehead atoms. The molecular weight excluding hydrogens is 272 g/mol. The van der Waals surface area contributed by atoms with Crippen LogP contribution in [0.25, 0.3) is 0 Å². The number of nitrogens with two attached hydrogens (primary N) is 1. The number of aliphatic hydroxyl groups is 1. The Kier molecular flexibility index (Phi) is 3.56. The molecule has 0 aromatic heterocycles. The van der Waals surface area contributed by atoms with Crippen LogP contribution >= 0.6 is 0 Å². The van der Waals surface area contributed by atoms with E-state index < -0.39 is 11.1 Å². The molecule has 0 radical (unpaired) electrons. The van der Waals surface area contributed by atoms with Gasteiger partial charge in [0.05, 0.1) is 11.7 Å². The van der Waals surface area contributed by atoms with Gasteiger partial charge in [-0.05, 0) is 6.42 Å². The summed E-state index contributed by atoms with van der Waals surface area (Å²) in [4.78, 5) is 12.7. The highest BCUT2D eigenvalue weighted by Gasteiger charge is 2.71. The van der Waals surface area contributed by atoms with Gasteiger partial charge in [-0.3, -0.25) is 4.79 Å². The topological polar surface area (TPSA) is 93.8 Å². The highest BCUT2D eigenvalue weighted by molar-refractivity contribution is 5.89. The summed E-state index contributed by atoms with van der Waals surface area (Å²) in [6.07, 6.45) is 1.99. The van der Waals surface area contributed by atoms with Crippen molar-refractivity contribution in [1.29, 1.82) is 0 Å². The molecule has 1 aliphatic carbocycles. The largest absolute Gasteiger partial charge is 0.388 e. The van der Waals surface area contributed by atoms with Crippen LogP contribution in [0.15, 0.2) is 0 Å². The molecule has 3 unspecified atom stereocenters. The van der Waals surface area contributed by atoms with E-state index >= 15 is 0 Å². The number of nitrogens with one attached hydrogen (secondary N) is 1. The Morgan fingerprint density at radius 2 is 2.00 bits per heavy atom. The number of ether oxygens (including phenoxy) is 2. The lowest BCUT2D eigenvalue weighted by molar-refractivity contribution is -0.176. The fourth-order valence-corrected chi connectivity index (χ4v) is 4.16. The van der Waals surface area contributed by atoms with Crippen molar-refractivity contribution in [3.8, 4) is 0 Å². The van der Waals surface area contributed by atoms with E-state index in [9.17, 15) is 9.90 Å². The van der Waals surface area contributed by atoms with Crippen LogP contribution in [0, 0.1) is 11.3 Å². The first-order chi connectivity index (χ1) is 9.81. The van der Waals surface area contributed by atoms with Gasteiger partial charge in [0.1, 0.15) is 5.54 Å². The van der Waals surface area contributed by atoms with Crippen LogP contribution in [0.4, 0.5) is 0 Å². The maximum absolute atomic E-state index is 12.7. The maximum Gasteiger partial charge on any atom is 0.241 e. The van der Waals surface area contributed by atoms with Crippen molar-refractivity contribution >= 4 is 5.91 Å². The van der Waals surface area contributed by atoms with Crippen molar-refractivity contribution < 1.29 is 19.4 Å². The summed E-state index contributed by atoms with van der Waals surface area (Å²) in [5, 5.41) is 13.3.